The van der Waals surface area contributed by atoms with Gasteiger partial charge >= 0.3 is 0 Å². The largest absolute Gasteiger partial charge is 0.504 e. The number of ether oxygens (including phenoxy) is 1. The van der Waals surface area contributed by atoms with E-state index in [1.165, 1.54) is 18.4 Å². The number of likely N-dealkylation sites (tertiary alicyclic amines) is 1. The Morgan fingerprint density at radius 2 is 2.18 bits per heavy atom. The van der Waals surface area contributed by atoms with Crippen molar-refractivity contribution in [2.24, 2.45) is 5.92 Å². The summed E-state index contributed by atoms with van der Waals surface area (Å²) in [6.07, 6.45) is 6.86. The van der Waals surface area contributed by atoms with Crippen LogP contribution in [0.15, 0.2) is 23.8 Å². The summed E-state index contributed by atoms with van der Waals surface area (Å²) in [5.41, 5.74) is 1.73. The summed E-state index contributed by atoms with van der Waals surface area (Å²) in [5.74, 6) is 1.47. The Labute approximate surface area is 165 Å². The van der Waals surface area contributed by atoms with Crippen LogP contribution in [-0.2, 0) is 16.6 Å². The molecule has 3 fully saturated rings. The number of benzene rings is 1. The standard InChI is InChI=1S/C23H27NO4/c1-13(25)10-16-6-7-23(27)18-11-15-4-5-17(26)20-19(15)22(23,21(16)28-20)8-9-24(18)12-14-2-3-14/h4-5,10,14,18,21,26-27H,2-3,6-9,11-12H2,1H3/b16-10+/t18-,21?,22+,23-/m1/s1. The SMILES string of the molecule is CC(=O)/C=C1\CC[C@@]2(O)[C@H]3Cc4ccc(O)c5c4[C@@]2(CCN3CC2CC2)C1O5. The van der Waals surface area contributed by atoms with Crippen LogP contribution in [0, 0.1) is 5.92 Å². The van der Waals surface area contributed by atoms with Gasteiger partial charge in [-0.2, -0.15) is 0 Å². The van der Waals surface area contributed by atoms with Crippen LogP contribution in [0.4, 0.5) is 0 Å². The molecule has 2 N–H and O–H groups in total. The summed E-state index contributed by atoms with van der Waals surface area (Å²) in [6.45, 7) is 3.58. The van der Waals surface area contributed by atoms with Gasteiger partial charge in [-0.15, -0.1) is 0 Å². The molecule has 2 bridgehead atoms. The number of carbonyl (C=O) groups is 1. The lowest BCUT2D eigenvalue weighted by Crippen LogP contribution is -2.75. The second-order valence-electron chi connectivity index (χ2n) is 9.58. The molecule has 0 amide bonds. The van der Waals surface area contributed by atoms with E-state index in [-0.39, 0.29) is 23.7 Å². The van der Waals surface area contributed by atoms with Crippen LogP contribution in [0.5, 0.6) is 11.5 Å². The highest BCUT2D eigenvalue weighted by atomic mass is 16.5. The van der Waals surface area contributed by atoms with Crippen molar-refractivity contribution in [2.75, 3.05) is 13.1 Å². The Bertz CT molecular complexity index is 919. The van der Waals surface area contributed by atoms with E-state index in [4.69, 9.17) is 4.74 Å². The summed E-state index contributed by atoms with van der Waals surface area (Å²) < 4.78 is 6.37. The van der Waals surface area contributed by atoms with Crippen molar-refractivity contribution in [2.45, 2.75) is 68.6 Å². The summed E-state index contributed by atoms with van der Waals surface area (Å²) in [7, 11) is 0. The average molecular weight is 381 g/mol. The molecule has 2 aliphatic heterocycles. The number of hydrogen-bond donors (Lipinski definition) is 2. The summed E-state index contributed by atoms with van der Waals surface area (Å²) in [5, 5.41) is 22.8. The predicted molar refractivity (Wildman–Crippen MR) is 104 cm³/mol. The Morgan fingerprint density at radius 1 is 1.36 bits per heavy atom. The van der Waals surface area contributed by atoms with E-state index >= 15 is 0 Å². The fourth-order valence-corrected chi connectivity index (χ4v) is 6.75. The summed E-state index contributed by atoms with van der Waals surface area (Å²) in [6, 6.07) is 3.81. The summed E-state index contributed by atoms with van der Waals surface area (Å²) >= 11 is 0. The van der Waals surface area contributed by atoms with E-state index in [0.717, 1.165) is 43.0 Å². The highest BCUT2D eigenvalue weighted by Gasteiger charge is 2.72. The van der Waals surface area contributed by atoms with Gasteiger partial charge in [-0.3, -0.25) is 9.69 Å². The van der Waals surface area contributed by atoms with Gasteiger partial charge in [0.25, 0.3) is 0 Å². The number of piperidine rings is 1. The summed E-state index contributed by atoms with van der Waals surface area (Å²) in [4.78, 5) is 14.4. The molecule has 5 aliphatic rings. The first kappa shape index (κ1) is 17.0. The van der Waals surface area contributed by atoms with Gasteiger partial charge in [0.1, 0.15) is 6.10 Å². The second-order valence-corrected chi connectivity index (χ2v) is 9.58. The van der Waals surface area contributed by atoms with Crippen molar-refractivity contribution in [1.82, 2.24) is 4.90 Å². The van der Waals surface area contributed by atoms with E-state index in [1.807, 2.05) is 6.07 Å². The lowest BCUT2D eigenvalue weighted by molar-refractivity contribution is -0.174. The minimum atomic E-state index is -0.884. The van der Waals surface area contributed by atoms with Gasteiger partial charge in [0.2, 0.25) is 0 Å². The number of nitrogens with zero attached hydrogens (tertiary/aromatic N) is 1. The molecule has 2 saturated carbocycles. The number of phenols is 1. The first-order valence-electron chi connectivity index (χ1n) is 10.6. The fourth-order valence-electron chi connectivity index (χ4n) is 6.75. The van der Waals surface area contributed by atoms with Crippen molar-refractivity contribution < 1.29 is 19.7 Å². The van der Waals surface area contributed by atoms with E-state index in [0.29, 0.717) is 18.6 Å². The molecule has 3 aliphatic carbocycles. The quantitative estimate of drug-likeness (QED) is 0.787. The Balaban J connectivity index is 1.56. The first-order chi connectivity index (χ1) is 13.4. The number of allylic oxidation sites excluding steroid dienone is 1. The zero-order valence-electron chi connectivity index (χ0n) is 16.3. The van der Waals surface area contributed by atoms with E-state index in [2.05, 4.69) is 4.90 Å². The van der Waals surface area contributed by atoms with Gasteiger partial charge in [-0.05, 0) is 81.2 Å². The average Bonchev–Trinajstić information content (AvgIpc) is 3.38. The third kappa shape index (κ3) is 1.97. The highest BCUT2D eigenvalue weighted by molar-refractivity contribution is 5.88. The van der Waals surface area contributed by atoms with Gasteiger partial charge in [0, 0.05) is 18.2 Å². The van der Waals surface area contributed by atoms with Crippen LogP contribution in [0.25, 0.3) is 0 Å². The Morgan fingerprint density at radius 3 is 2.93 bits per heavy atom. The topological polar surface area (TPSA) is 70.0 Å². The van der Waals surface area contributed by atoms with Crippen LogP contribution < -0.4 is 4.74 Å². The van der Waals surface area contributed by atoms with Crippen LogP contribution in [0.1, 0.15) is 50.2 Å². The van der Waals surface area contributed by atoms with Gasteiger partial charge in [-0.25, -0.2) is 0 Å². The number of rotatable bonds is 3. The molecule has 0 radical (unpaired) electrons. The maximum atomic E-state index is 12.2. The zero-order chi connectivity index (χ0) is 19.3. The van der Waals surface area contributed by atoms with Crippen molar-refractivity contribution in [3.63, 3.8) is 0 Å². The molecular formula is C23H27NO4. The molecule has 28 heavy (non-hydrogen) atoms. The van der Waals surface area contributed by atoms with Crippen molar-refractivity contribution in [3.05, 3.63) is 34.9 Å². The van der Waals surface area contributed by atoms with Crippen LogP contribution >= 0.6 is 0 Å². The van der Waals surface area contributed by atoms with Crippen molar-refractivity contribution in [3.8, 4) is 11.5 Å². The molecule has 5 nitrogen and oxygen atoms in total. The molecule has 5 heteroatoms. The number of hydrogen-bond acceptors (Lipinski definition) is 5. The number of ketones is 1. The smallest absolute Gasteiger partial charge is 0.166 e. The molecule has 0 aromatic heterocycles. The fraction of sp³-hybridized carbons (Fsp3) is 0.609. The Hall–Kier alpha value is -1.85. The molecule has 1 unspecified atom stereocenters. The maximum absolute atomic E-state index is 12.2. The molecule has 1 aromatic rings. The predicted octanol–water partition coefficient (Wildman–Crippen LogP) is 2.47. The first-order valence-corrected chi connectivity index (χ1v) is 10.6. The Kier molecular flexibility index (Phi) is 3.28. The van der Waals surface area contributed by atoms with Crippen molar-refractivity contribution in [1.29, 1.82) is 0 Å². The van der Waals surface area contributed by atoms with E-state index in [9.17, 15) is 15.0 Å². The van der Waals surface area contributed by atoms with Crippen LogP contribution in [-0.4, -0.2) is 51.7 Å². The molecular weight excluding hydrogens is 354 g/mol. The molecule has 1 aromatic carbocycles. The molecule has 4 atom stereocenters. The third-order valence-corrected chi connectivity index (χ3v) is 8.03. The van der Waals surface area contributed by atoms with Gasteiger partial charge in [0.05, 0.1) is 11.0 Å². The number of aliphatic hydroxyl groups is 1. The lowest BCUT2D eigenvalue weighted by atomic mass is 9.48. The third-order valence-electron chi connectivity index (χ3n) is 8.03. The molecule has 6 rings (SSSR count). The minimum Gasteiger partial charge on any atom is -0.504 e. The minimum absolute atomic E-state index is 0.0133. The number of aromatic hydroxyl groups is 1. The zero-order valence-corrected chi connectivity index (χ0v) is 16.3. The lowest BCUT2D eigenvalue weighted by Gasteiger charge is -2.63. The molecule has 148 valence electrons. The van der Waals surface area contributed by atoms with Crippen LogP contribution in [0.2, 0.25) is 0 Å². The monoisotopic (exact) mass is 381 g/mol. The molecule has 1 spiro atoms. The normalized spacial score (nSPS) is 39.6. The number of phenolic OH excluding ortho intramolecular Hbond substituents is 1. The number of carbonyl (C=O) groups excluding carboxylic acids is 1. The van der Waals surface area contributed by atoms with Gasteiger partial charge < -0.3 is 14.9 Å². The van der Waals surface area contributed by atoms with Gasteiger partial charge in [0.15, 0.2) is 17.3 Å². The molecule has 2 heterocycles. The second kappa shape index (κ2) is 5.39. The highest BCUT2D eigenvalue weighted by Crippen LogP contribution is 2.66. The van der Waals surface area contributed by atoms with E-state index < -0.39 is 11.0 Å². The van der Waals surface area contributed by atoms with Gasteiger partial charge in [-0.1, -0.05) is 6.07 Å². The maximum Gasteiger partial charge on any atom is 0.166 e. The van der Waals surface area contributed by atoms with Crippen LogP contribution in [0.3, 0.4) is 0 Å². The van der Waals surface area contributed by atoms with E-state index in [1.54, 1.807) is 19.1 Å². The van der Waals surface area contributed by atoms with Crippen molar-refractivity contribution >= 4 is 5.78 Å². The molecule has 1 saturated heterocycles.